The van der Waals surface area contributed by atoms with Gasteiger partial charge < -0.3 is 10.6 Å². The van der Waals surface area contributed by atoms with Crippen molar-refractivity contribution in [3.8, 4) is 0 Å². The molecule has 1 fully saturated rings. The third-order valence-electron chi connectivity index (χ3n) is 2.75. The molecule has 0 bridgehead atoms. The minimum atomic E-state index is 0.0554. The maximum absolute atomic E-state index is 11.6. The van der Waals surface area contributed by atoms with Gasteiger partial charge in [0.15, 0.2) is 0 Å². The van der Waals surface area contributed by atoms with Crippen LogP contribution in [0.2, 0.25) is 0 Å². The molecular formula is C12H22N6OS. The van der Waals surface area contributed by atoms with Gasteiger partial charge in [-0.15, -0.1) is 5.10 Å². The van der Waals surface area contributed by atoms with Gasteiger partial charge in [0.25, 0.3) is 0 Å². The van der Waals surface area contributed by atoms with Crippen LogP contribution in [0.5, 0.6) is 0 Å². The second-order valence-corrected chi connectivity index (χ2v) is 6.93. The smallest absolute Gasteiger partial charge is 0.230 e. The van der Waals surface area contributed by atoms with E-state index in [2.05, 4.69) is 46.9 Å². The highest BCUT2D eigenvalue weighted by Crippen LogP contribution is 2.19. The fourth-order valence-electron chi connectivity index (χ4n) is 1.60. The van der Waals surface area contributed by atoms with Crippen LogP contribution in [-0.4, -0.2) is 50.0 Å². The van der Waals surface area contributed by atoms with Crippen molar-refractivity contribution in [2.45, 2.75) is 56.9 Å². The Bertz CT molecular complexity index is 451. The summed E-state index contributed by atoms with van der Waals surface area (Å²) in [6, 6.07) is 0.398. The van der Waals surface area contributed by atoms with Crippen molar-refractivity contribution in [1.82, 2.24) is 30.8 Å². The van der Waals surface area contributed by atoms with E-state index in [0.29, 0.717) is 23.5 Å². The molecule has 1 aromatic rings. The molecule has 1 aromatic heterocycles. The van der Waals surface area contributed by atoms with Gasteiger partial charge in [-0.2, -0.15) is 0 Å². The van der Waals surface area contributed by atoms with Crippen LogP contribution in [0.15, 0.2) is 5.16 Å². The molecule has 1 aliphatic carbocycles. The summed E-state index contributed by atoms with van der Waals surface area (Å²) in [6.45, 7) is 7.83. The van der Waals surface area contributed by atoms with Crippen molar-refractivity contribution >= 4 is 17.7 Å². The molecular weight excluding hydrogens is 276 g/mol. The fraction of sp³-hybridized carbons (Fsp3) is 0.833. The maximum atomic E-state index is 11.6. The number of aromatic nitrogens is 4. The van der Waals surface area contributed by atoms with E-state index < -0.39 is 0 Å². The molecule has 0 saturated heterocycles. The molecule has 0 radical (unpaired) electrons. The third kappa shape index (κ3) is 5.46. The standard InChI is InChI=1S/C12H22N6OS/c1-12(2,3)13-6-7-18-11(15-16-17-18)20-8-10(19)14-9-4-5-9/h9,13H,4-8H2,1-3H3,(H,14,19). The first-order valence-corrected chi connectivity index (χ1v) is 7.86. The number of amides is 1. The summed E-state index contributed by atoms with van der Waals surface area (Å²) in [4.78, 5) is 11.6. The summed E-state index contributed by atoms with van der Waals surface area (Å²) >= 11 is 1.38. The van der Waals surface area contributed by atoms with Crippen molar-refractivity contribution < 1.29 is 4.79 Å². The van der Waals surface area contributed by atoms with Crippen LogP contribution in [0.25, 0.3) is 0 Å². The zero-order valence-electron chi connectivity index (χ0n) is 12.2. The van der Waals surface area contributed by atoms with Crippen molar-refractivity contribution in [2.75, 3.05) is 12.3 Å². The highest BCUT2D eigenvalue weighted by molar-refractivity contribution is 7.99. The van der Waals surface area contributed by atoms with Gasteiger partial charge in [0, 0.05) is 18.1 Å². The van der Waals surface area contributed by atoms with Crippen LogP contribution in [0.3, 0.4) is 0 Å². The van der Waals surface area contributed by atoms with Gasteiger partial charge in [-0.05, 0) is 44.0 Å². The monoisotopic (exact) mass is 298 g/mol. The van der Waals surface area contributed by atoms with Crippen molar-refractivity contribution in [3.63, 3.8) is 0 Å². The average Bonchev–Trinajstić information content (AvgIpc) is 3.03. The second-order valence-electron chi connectivity index (χ2n) is 5.99. The summed E-state index contributed by atoms with van der Waals surface area (Å²) < 4.78 is 1.73. The molecule has 7 nitrogen and oxygen atoms in total. The lowest BCUT2D eigenvalue weighted by Crippen LogP contribution is -2.38. The fourth-order valence-corrected chi connectivity index (χ4v) is 2.32. The second kappa shape index (κ2) is 6.53. The van der Waals surface area contributed by atoms with Crippen molar-refractivity contribution in [1.29, 1.82) is 0 Å². The number of hydrogen-bond donors (Lipinski definition) is 2. The Kier molecular flexibility index (Phi) is 4.98. The van der Waals surface area contributed by atoms with E-state index in [0.717, 1.165) is 19.4 Å². The van der Waals surface area contributed by atoms with E-state index in [9.17, 15) is 4.79 Å². The number of nitrogens with one attached hydrogen (secondary N) is 2. The SMILES string of the molecule is CC(C)(C)NCCn1nnnc1SCC(=O)NC1CC1. The molecule has 1 saturated carbocycles. The van der Waals surface area contributed by atoms with Crippen LogP contribution in [0, 0.1) is 0 Å². The number of carbonyl (C=O) groups is 1. The molecule has 1 amide bonds. The molecule has 20 heavy (non-hydrogen) atoms. The molecule has 0 spiro atoms. The van der Waals surface area contributed by atoms with Gasteiger partial charge in [-0.25, -0.2) is 4.68 Å². The Morgan fingerprint density at radius 2 is 2.20 bits per heavy atom. The summed E-state index contributed by atoms with van der Waals surface area (Å²) in [6.07, 6.45) is 2.21. The zero-order valence-corrected chi connectivity index (χ0v) is 13.0. The Morgan fingerprint density at radius 1 is 1.45 bits per heavy atom. The minimum absolute atomic E-state index is 0.0554. The predicted octanol–water partition coefficient (Wildman–Crippen LogP) is 0.432. The molecule has 2 rings (SSSR count). The van der Waals surface area contributed by atoms with Crippen LogP contribution in [0.1, 0.15) is 33.6 Å². The molecule has 1 aliphatic rings. The molecule has 0 atom stereocenters. The summed E-state index contributed by atoms with van der Waals surface area (Å²) in [5.41, 5.74) is 0.0749. The quantitative estimate of drug-likeness (QED) is 0.710. The van der Waals surface area contributed by atoms with Gasteiger partial charge in [0.05, 0.1) is 12.3 Å². The number of rotatable bonds is 7. The Balaban J connectivity index is 1.74. The van der Waals surface area contributed by atoms with Gasteiger partial charge >= 0.3 is 0 Å². The van der Waals surface area contributed by atoms with E-state index in [-0.39, 0.29) is 11.4 Å². The van der Waals surface area contributed by atoms with E-state index in [1.165, 1.54) is 11.8 Å². The number of thioether (sulfide) groups is 1. The molecule has 0 unspecified atom stereocenters. The summed E-state index contributed by atoms with van der Waals surface area (Å²) in [7, 11) is 0. The number of hydrogen-bond acceptors (Lipinski definition) is 6. The highest BCUT2D eigenvalue weighted by atomic mass is 32.2. The first-order chi connectivity index (χ1) is 9.44. The number of nitrogens with zero attached hydrogens (tertiary/aromatic N) is 4. The molecule has 1 heterocycles. The highest BCUT2D eigenvalue weighted by Gasteiger charge is 2.23. The number of carbonyl (C=O) groups excluding carboxylic acids is 1. The first-order valence-electron chi connectivity index (χ1n) is 6.87. The van der Waals surface area contributed by atoms with Crippen molar-refractivity contribution in [3.05, 3.63) is 0 Å². The summed E-state index contributed by atoms with van der Waals surface area (Å²) in [5.74, 6) is 0.420. The van der Waals surface area contributed by atoms with Crippen LogP contribution < -0.4 is 10.6 Å². The lowest BCUT2D eigenvalue weighted by atomic mass is 10.1. The van der Waals surface area contributed by atoms with Gasteiger partial charge in [0.1, 0.15) is 0 Å². The summed E-state index contributed by atoms with van der Waals surface area (Å²) in [5, 5.41) is 18.6. The van der Waals surface area contributed by atoms with E-state index >= 15 is 0 Å². The predicted molar refractivity (Wildman–Crippen MR) is 77.5 cm³/mol. The average molecular weight is 298 g/mol. The third-order valence-corrected chi connectivity index (χ3v) is 3.71. The molecule has 2 N–H and O–H groups in total. The van der Waals surface area contributed by atoms with E-state index in [1.54, 1.807) is 4.68 Å². The lowest BCUT2D eigenvalue weighted by molar-refractivity contribution is -0.118. The van der Waals surface area contributed by atoms with Crippen molar-refractivity contribution in [2.24, 2.45) is 0 Å². The van der Waals surface area contributed by atoms with E-state index in [1.807, 2.05) is 0 Å². The molecule has 112 valence electrons. The largest absolute Gasteiger partial charge is 0.353 e. The molecule has 8 heteroatoms. The van der Waals surface area contributed by atoms with Gasteiger partial charge in [-0.3, -0.25) is 4.79 Å². The van der Waals surface area contributed by atoms with Gasteiger partial charge in [-0.1, -0.05) is 11.8 Å². The van der Waals surface area contributed by atoms with E-state index in [4.69, 9.17) is 0 Å². The molecule has 0 aromatic carbocycles. The zero-order chi connectivity index (χ0) is 14.6. The molecule has 0 aliphatic heterocycles. The normalized spacial score (nSPS) is 15.3. The Hall–Kier alpha value is -1.15. The number of tetrazole rings is 1. The Labute approximate surface area is 123 Å². The van der Waals surface area contributed by atoms with Crippen LogP contribution in [-0.2, 0) is 11.3 Å². The van der Waals surface area contributed by atoms with Crippen LogP contribution in [0.4, 0.5) is 0 Å². The lowest BCUT2D eigenvalue weighted by Gasteiger charge is -2.20. The maximum Gasteiger partial charge on any atom is 0.230 e. The first kappa shape index (κ1) is 15.2. The Morgan fingerprint density at radius 3 is 2.85 bits per heavy atom. The van der Waals surface area contributed by atoms with Gasteiger partial charge in [0.2, 0.25) is 11.1 Å². The minimum Gasteiger partial charge on any atom is -0.353 e. The topological polar surface area (TPSA) is 84.7 Å². The van der Waals surface area contributed by atoms with Crippen LogP contribution >= 0.6 is 11.8 Å².